The van der Waals surface area contributed by atoms with Gasteiger partial charge in [-0.1, -0.05) is 86.4 Å². The zero-order valence-corrected chi connectivity index (χ0v) is 23.9. The summed E-state index contributed by atoms with van der Waals surface area (Å²) in [7, 11) is 1.61. The van der Waals surface area contributed by atoms with E-state index in [-0.39, 0.29) is 5.91 Å². The maximum absolute atomic E-state index is 13.0. The van der Waals surface area contributed by atoms with Gasteiger partial charge in [0.15, 0.2) is 11.5 Å². The Morgan fingerprint density at radius 3 is 2.39 bits per heavy atom. The average Bonchev–Trinajstić information content (AvgIpc) is 3.16. The summed E-state index contributed by atoms with van der Waals surface area (Å²) in [5, 5.41) is 0. The van der Waals surface area contributed by atoms with E-state index in [2.05, 4.69) is 39.0 Å². The van der Waals surface area contributed by atoms with Crippen LogP contribution in [0.4, 0.5) is 0 Å². The smallest absolute Gasteiger partial charge is 0.266 e. The number of carbonyl (C=O) groups is 1. The normalized spacial score (nSPS) is 14.4. The van der Waals surface area contributed by atoms with Crippen LogP contribution in [0.2, 0.25) is 0 Å². The molecule has 1 heterocycles. The highest BCUT2D eigenvalue weighted by Crippen LogP contribution is 2.35. The van der Waals surface area contributed by atoms with Crippen LogP contribution in [0.1, 0.15) is 48.4 Å². The highest BCUT2D eigenvalue weighted by molar-refractivity contribution is 8.26. The van der Waals surface area contributed by atoms with Gasteiger partial charge in [-0.25, -0.2) is 0 Å². The molecule has 0 bridgehead atoms. The lowest BCUT2D eigenvalue weighted by Gasteiger charge is -2.15. The van der Waals surface area contributed by atoms with Crippen LogP contribution in [0.25, 0.3) is 6.08 Å². The molecule has 3 aromatic carbocycles. The van der Waals surface area contributed by atoms with Crippen molar-refractivity contribution < 1.29 is 19.0 Å². The summed E-state index contributed by atoms with van der Waals surface area (Å²) in [5.74, 6) is 2.52. The van der Waals surface area contributed by atoms with Gasteiger partial charge in [0.25, 0.3) is 5.91 Å². The number of nitrogens with zero attached hydrogens (tertiary/aromatic N) is 1. The summed E-state index contributed by atoms with van der Waals surface area (Å²) in [6, 6.07) is 21.9. The molecule has 0 aromatic heterocycles. The Bertz CT molecular complexity index is 1320. The van der Waals surface area contributed by atoms with Gasteiger partial charge in [-0.15, -0.1) is 0 Å². The third-order valence-electron chi connectivity index (χ3n) is 6.14. The molecule has 4 rings (SSSR count). The van der Waals surface area contributed by atoms with Crippen LogP contribution < -0.4 is 14.2 Å². The Labute approximate surface area is 234 Å². The molecule has 3 aromatic rings. The molecule has 1 aliphatic rings. The lowest BCUT2D eigenvalue weighted by Crippen LogP contribution is -2.27. The molecule has 0 unspecified atom stereocenters. The molecule has 38 heavy (non-hydrogen) atoms. The van der Waals surface area contributed by atoms with Crippen molar-refractivity contribution in [3.05, 3.63) is 93.9 Å². The first-order chi connectivity index (χ1) is 18.4. The molecule has 0 radical (unpaired) electrons. The number of rotatable bonds is 11. The largest absolute Gasteiger partial charge is 0.493 e. The van der Waals surface area contributed by atoms with Crippen LogP contribution in [0.15, 0.2) is 71.6 Å². The summed E-state index contributed by atoms with van der Waals surface area (Å²) < 4.78 is 18.2. The maximum Gasteiger partial charge on any atom is 0.266 e. The van der Waals surface area contributed by atoms with Gasteiger partial charge in [0.2, 0.25) is 0 Å². The number of ether oxygens (including phenoxy) is 3. The average molecular weight is 548 g/mol. The number of carbonyl (C=O) groups excluding carboxylic acids is 1. The van der Waals surface area contributed by atoms with E-state index in [4.69, 9.17) is 26.4 Å². The molecule has 0 saturated carbocycles. The van der Waals surface area contributed by atoms with E-state index in [1.807, 2.05) is 54.6 Å². The van der Waals surface area contributed by atoms with Crippen LogP contribution in [0, 0.1) is 6.92 Å². The summed E-state index contributed by atoms with van der Waals surface area (Å²) in [4.78, 5) is 15.2. The van der Waals surface area contributed by atoms with E-state index in [1.54, 1.807) is 12.0 Å². The number of thiocarbonyl (C=S) groups is 1. The molecule has 0 spiro atoms. The van der Waals surface area contributed by atoms with E-state index in [0.717, 1.165) is 23.3 Å². The predicted octanol–water partition coefficient (Wildman–Crippen LogP) is 7.38. The predicted molar refractivity (Wildman–Crippen MR) is 159 cm³/mol. The number of thioether (sulfide) groups is 1. The summed E-state index contributed by atoms with van der Waals surface area (Å²) >= 11 is 6.80. The van der Waals surface area contributed by atoms with Crippen LogP contribution in [0.5, 0.6) is 17.2 Å². The van der Waals surface area contributed by atoms with Crippen LogP contribution in [0.3, 0.4) is 0 Å². The molecule has 0 N–H and O–H groups in total. The number of hydrogen-bond acceptors (Lipinski definition) is 6. The lowest BCUT2D eigenvalue weighted by atomic mass is 10.0. The number of amides is 1. The summed E-state index contributed by atoms with van der Waals surface area (Å²) in [6.07, 6.45) is 2.58. The second kappa shape index (κ2) is 13.0. The third kappa shape index (κ3) is 6.97. The Kier molecular flexibility index (Phi) is 9.48. The fourth-order valence-corrected chi connectivity index (χ4v) is 5.37. The van der Waals surface area contributed by atoms with Crippen molar-refractivity contribution in [1.29, 1.82) is 0 Å². The fraction of sp³-hybridized carbons (Fsp3) is 0.290. The number of hydrogen-bond donors (Lipinski definition) is 0. The summed E-state index contributed by atoms with van der Waals surface area (Å²) in [5.41, 5.74) is 4.28. The number of aryl methyl sites for hydroxylation is 1. The minimum Gasteiger partial charge on any atom is -0.493 e. The van der Waals surface area contributed by atoms with Gasteiger partial charge in [0, 0.05) is 6.42 Å². The molecule has 1 saturated heterocycles. The van der Waals surface area contributed by atoms with Gasteiger partial charge in [-0.05, 0) is 59.4 Å². The molecule has 0 aliphatic carbocycles. The zero-order valence-electron chi connectivity index (χ0n) is 22.2. The minimum atomic E-state index is -0.0858. The van der Waals surface area contributed by atoms with E-state index < -0.39 is 0 Å². The first-order valence-electron chi connectivity index (χ1n) is 12.7. The van der Waals surface area contributed by atoms with Gasteiger partial charge < -0.3 is 14.2 Å². The van der Waals surface area contributed by atoms with Gasteiger partial charge in [-0.2, -0.15) is 0 Å². The van der Waals surface area contributed by atoms with Gasteiger partial charge in [0.05, 0.1) is 31.8 Å². The van der Waals surface area contributed by atoms with Crippen molar-refractivity contribution in [3.8, 4) is 17.2 Å². The third-order valence-corrected chi connectivity index (χ3v) is 7.52. The first kappa shape index (κ1) is 27.7. The van der Waals surface area contributed by atoms with Crippen molar-refractivity contribution in [2.75, 3.05) is 20.3 Å². The number of methoxy groups -OCH3 is 1. The Morgan fingerprint density at radius 1 is 0.947 bits per heavy atom. The molecular weight excluding hydrogens is 514 g/mol. The van der Waals surface area contributed by atoms with E-state index in [0.29, 0.717) is 46.4 Å². The van der Waals surface area contributed by atoms with Crippen LogP contribution >= 0.6 is 24.0 Å². The molecule has 1 fully saturated rings. The highest BCUT2D eigenvalue weighted by atomic mass is 32.2. The summed E-state index contributed by atoms with van der Waals surface area (Å²) in [6.45, 7) is 7.93. The van der Waals surface area contributed by atoms with Crippen molar-refractivity contribution in [3.63, 3.8) is 0 Å². The fourth-order valence-electron chi connectivity index (χ4n) is 4.11. The second-order valence-corrected chi connectivity index (χ2v) is 11.1. The van der Waals surface area contributed by atoms with Gasteiger partial charge in [-0.3, -0.25) is 9.69 Å². The van der Waals surface area contributed by atoms with Crippen LogP contribution in [-0.2, 0) is 11.3 Å². The topological polar surface area (TPSA) is 48.0 Å². The van der Waals surface area contributed by atoms with Crippen LogP contribution in [-0.4, -0.2) is 35.5 Å². The first-order valence-corrected chi connectivity index (χ1v) is 13.9. The van der Waals surface area contributed by atoms with Crippen molar-refractivity contribution in [2.45, 2.75) is 39.7 Å². The van der Waals surface area contributed by atoms with Crippen molar-refractivity contribution in [2.24, 2.45) is 0 Å². The van der Waals surface area contributed by atoms with Gasteiger partial charge in [0.1, 0.15) is 10.1 Å². The minimum absolute atomic E-state index is 0.0858. The van der Waals surface area contributed by atoms with Gasteiger partial charge >= 0.3 is 0 Å². The molecular formula is C31H33NO4S2. The monoisotopic (exact) mass is 547 g/mol. The molecule has 5 nitrogen and oxygen atoms in total. The molecule has 1 aliphatic heterocycles. The second-order valence-electron chi connectivity index (χ2n) is 9.41. The van der Waals surface area contributed by atoms with E-state index in [9.17, 15) is 4.79 Å². The van der Waals surface area contributed by atoms with Crippen molar-refractivity contribution >= 4 is 40.3 Å². The Hall–Kier alpha value is -3.29. The molecule has 0 atom stereocenters. The SMILES string of the molecule is COc1cc(/C=C2\SC(=S)N(Cc3ccccc3)C2=O)ccc1OCCCOc1cc(C)ccc1C(C)C. The van der Waals surface area contributed by atoms with E-state index in [1.165, 1.54) is 22.9 Å². The highest BCUT2D eigenvalue weighted by Gasteiger charge is 2.32. The quantitative estimate of drug-likeness (QED) is 0.142. The Balaban J connectivity index is 1.34. The lowest BCUT2D eigenvalue weighted by molar-refractivity contribution is -0.122. The number of benzene rings is 3. The molecule has 198 valence electrons. The van der Waals surface area contributed by atoms with E-state index >= 15 is 0 Å². The molecule has 7 heteroatoms. The zero-order chi connectivity index (χ0) is 27.1. The van der Waals surface area contributed by atoms with Crippen molar-refractivity contribution in [1.82, 2.24) is 4.90 Å². The molecule has 1 amide bonds. The Morgan fingerprint density at radius 2 is 1.68 bits per heavy atom. The standard InChI is InChI=1S/C31H33NO4S2/c1-21(2)25-13-11-22(3)17-27(25)36-16-8-15-35-26-14-12-24(18-28(26)34-4)19-29-30(33)32(31(37)38-29)20-23-9-6-5-7-10-23/h5-7,9-14,17-19,21H,8,15-16,20H2,1-4H3/b29-19-. The maximum atomic E-state index is 13.0.